The molecular formula is C20H24N4O3. The lowest BCUT2D eigenvalue weighted by molar-refractivity contribution is -0.120. The fraction of sp³-hybridized carbons (Fsp3) is 0.350. The molecular weight excluding hydrogens is 344 g/mol. The summed E-state index contributed by atoms with van der Waals surface area (Å²) >= 11 is 0. The van der Waals surface area contributed by atoms with Gasteiger partial charge in [-0.2, -0.15) is 0 Å². The van der Waals surface area contributed by atoms with Gasteiger partial charge in [-0.25, -0.2) is 9.78 Å². The summed E-state index contributed by atoms with van der Waals surface area (Å²) in [5.74, 6) is 1.01. The number of aromatic nitrogens is 1. The van der Waals surface area contributed by atoms with Crippen molar-refractivity contribution in [1.82, 2.24) is 15.6 Å². The van der Waals surface area contributed by atoms with Crippen molar-refractivity contribution in [2.75, 3.05) is 18.5 Å². The maximum Gasteiger partial charge on any atom is 0.319 e. The van der Waals surface area contributed by atoms with Gasteiger partial charge in [-0.1, -0.05) is 18.2 Å². The molecule has 1 fully saturated rings. The number of hydrogen-bond donors (Lipinski definition) is 3. The summed E-state index contributed by atoms with van der Waals surface area (Å²) in [6.07, 6.45) is 4.16. The van der Waals surface area contributed by atoms with E-state index < -0.39 is 6.03 Å². The maximum atomic E-state index is 11.9. The maximum absolute atomic E-state index is 11.9. The van der Waals surface area contributed by atoms with Gasteiger partial charge in [0.05, 0.1) is 13.2 Å². The number of nitrogens with one attached hydrogen (secondary N) is 3. The minimum atomic E-state index is -0.422. The summed E-state index contributed by atoms with van der Waals surface area (Å²) < 4.78 is 5.58. The molecule has 1 aliphatic rings. The molecule has 142 valence electrons. The van der Waals surface area contributed by atoms with Crippen molar-refractivity contribution in [3.8, 4) is 5.88 Å². The molecule has 0 radical (unpaired) electrons. The van der Waals surface area contributed by atoms with Crippen molar-refractivity contribution in [2.45, 2.75) is 26.3 Å². The van der Waals surface area contributed by atoms with Crippen LogP contribution in [0.1, 0.15) is 24.0 Å². The fourth-order valence-corrected chi connectivity index (χ4v) is 2.41. The van der Waals surface area contributed by atoms with Crippen LogP contribution in [0.25, 0.3) is 0 Å². The summed E-state index contributed by atoms with van der Waals surface area (Å²) in [6.45, 7) is 2.90. The number of aryl methyl sites for hydroxylation is 1. The highest BCUT2D eigenvalue weighted by Crippen LogP contribution is 2.29. The molecule has 1 aromatic heterocycles. The van der Waals surface area contributed by atoms with Gasteiger partial charge in [0.2, 0.25) is 11.8 Å². The van der Waals surface area contributed by atoms with E-state index in [2.05, 4.69) is 20.9 Å². The normalized spacial score (nSPS) is 12.9. The Hall–Kier alpha value is -3.09. The minimum absolute atomic E-state index is 0.104. The average molecular weight is 368 g/mol. The van der Waals surface area contributed by atoms with Gasteiger partial charge in [-0.3, -0.25) is 4.79 Å². The molecule has 0 aliphatic heterocycles. The number of ether oxygens (including phenoxy) is 1. The summed E-state index contributed by atoms with van der Waals surface area (Å²) in [4.78, 5) is 27.9. The van der Waals surface area contributed by atoms with E-state index >= 15 is 0 Å². The van der Waals surface area contributed by atoms with E-state index in [0.717, 1.165) is 17.7 Å². The van der Waals surface area contributed by atoms with Gasteiger partial charge in [-0.05, 0) is 48.9 Å². The first kappa shape index (κ1) is 18.7. The second-order valence-corrected chi connectivity index (χ2v) is 6.71. The standard InChI is InChI=1S/C20H24N4O3/c1-14-3-2-4-17(9-14)24-20(26)23-12-18(25)21-10-16-7-8-19(22-11-16)27-13-15-5-6-15/h2-4,7-9,11,15H,5-6,10,12-13H2,1H3,(H,21,25)(H2,23,24,26). The number of amides is 3. The zero-order chi connectivity index (χ0) is 19.1. The van der Waals surface area contributed by atoms with Crippen LogP contribution in [0.2, 0.25) is 0 Å². The van der Waals surface area contributed by atoms with Crippen LogP contribution < -0.4 is 20.7 Å². The van der Waals surface area contributed by atoms with E-state index in [4.69, 9.17) is 4.74 Å². The molecule has 3 amide bonds. The Morgan fingerprint density at radius 3 is 2.74 bits per heavy atom. The zero-order valence-electron chi connectivity index (χ0n) is 15.3. The first-order chi connectivity index (χ1) is 13.1. The summed E-state index contributed by atoms with van der Waals surface area (Å²) in [5, 5.41) is 7.96. The van der Waals surface area contributed by atoms with E-state index in [1.807, 2.05) is 31.2 Å². The number of pyridine rings is 1. The van der Waals surface area contributed by atoms with Gasteiger partial charge in [0.15, 0.2) is 0 Å². The van der Waals surface area contributed by atoms with Gasteiger partial charge in [0.1, 0.15) is 0 Å². The summed E-state index contributed by atoms with van der Waals surface area (Å²) in [5.41, 5.74) is 2.59. The van der Waals surface area contributed by atoms with Crippen LogP contribution >= 0.6 is 0 Å². The van der Waals surface area contributed by atoms with Gasteiger partial charge < -0.3 is 20.7 Å². The molecule has 0 unspecified atom stereocenters. The summed E-state index contributed by atoms with van der Waals surface area (Å²) in [6, 6.07) is 10.7. The molecule has 1 saturated carbocycles. The van der Waals surface area contributed by atoms with Crippen LogP contribution in [0, 0.1) is 12.8 Å². The highest BCUT2D eigenvalue weighted by Gasteiger charge is 2.22. The molecule has 1 aromatic carbocycles. The lowest BCUT2D eigenvalue weighted by Gasteiger charge is -2.09. The first-order valence-corrected chi connectivity index (χ1v) is 9.04. The minimum Gasteiger partial charge on any atom is -0.477 e. The van der Waals surface area contributed by atoms with E-state index in [0.29, 0.717) is 24.0 Å². The molecule has 1 heterocycles. The number of anilines is 1. The van der Waals surface area contributed by atoms with Crippen molar-refractivity contribution < 1.29 is 14.3 Å². The van der Waals surface area contributed by atoms with Crippen LogP contribution in [0.5, 0.6) is 5.88 Å². The van der Waals surface area contributed by atoms with Gasteiger partial charge in [0, 0.05) is 24.5 Å². The second kappa shape index (κ2) is 9.02. The molecule has 1 aliphatic carbocycles. The van der Waals surface area contributed by atoms with Gasteiger partial charge >= 0.3 is 6.03 Å². The fourth-order valence-electron chi connectivity index (χ4n) is 2.41. The third kappa shape index (κ3) is 6.62. The first-order valence-electron chi connectivity index (χ1n) is 9.04. The van der Waals surface area contributed by atoms with Crippen LogP contribution in [-0.2, 0) is 11.3 Å². The molecule has 0 atom stereocenters. The lowest BCUT2D eigenvalue weighted by atomic mass is 10.2. The Kier molecular flexibility index (Phi) is 6.25. The van der Waals surface area contributed by atoms with Crippen molar-refractivity contribution in [1.29, 1.82) is 0 Å². The smallest absolute Gasteiger partial charge is 0.319 e. The third-order valence-corrected chi connectivity index (χ3v) is 4.14. The van der Waals surface area contributed by atoms with Crippen LogP contribution in [-0.4, -0.2) is 30.1 Å². The van der Waals surface area contributed by atoms with Crippen LogP contribution in [0.15, 0.2) is 42.6 Å². The molecule has 2 aromatic rings. The Morgan fingerprint density at radius 1 is 1.19 bits per heavy atom. The Bertz CT molecular complexity index is 788. The quantitative estimate of drug-likeness (QED) is 0.668. The largest absolute Gasteiger partial charge is 0.477 e. The van der Waals surface area contributed by atoms with E-state index in [9.17, 15) is 9.59 Å². The third-order valence-electron chi connectivity index (χ3n) is 4.14. The van der Waals surface area contributed by atoms with Crippen LogP contribution in [0.4, 0.5) is 10.5 Å². The van der Waals surface area contributed by atoms with Gasteiger partial charge in [0.25, 0.3) is 0 Å². The summed E-state index contributed by atoms with van der Waals surface area (Å²) in [7, 11) is 0. The van der Waals surface area contributed by atoms with Crippen molar-refractivity contribution in [3.63, 3.8) is 0 Å². The number of benzene rings is 1. The van der Waals surface area contributed by atoms with Crippen molar-refractivity contribution in [3.05, 3.63) is 53.7 Å². The number of carbonyl (C=O) groups excluding carboxylic acids is 2. The van der Waals surface area contributed by atoms with E-state index in [1.165, 1.54) is 12.8 Å². The molecule has 0 saturated heterocycles. The zero-order valence-corrected chi connectivity index (χ0v) is 15.3. The highest BCUT2D eigenvalue weighted by molar-refractivity contribution is 5.92. The second-order valence-electron chi connectivity index (χ2n) is 6.71. The number of urea groups is 1. The molecule has 0 bridgehead atoms. The molecule has 7 nitrogen and oxygen atoms in total. The van der Waals surface area contributed by atoms with E-state index in [1.54, 1.807) is 18.3 Å². The highest BCUT2D eigenvalue weighted by atomic mass is 16.5. The molecule has 7 heteroatoms. The SMILES string of the molecule is Cc1cccc(NC(=O)NCC(=O)NCc2ccc(OCC3CC3)nc2)c1. The van der Waals surface area contributed by atoms with Crippen molar-refractivity contribution in [2.24, 2.45) is 5.92 Å². The molecule has 3 rings (SSSR count). The molecule has 0 spiro atoms. The van der Waals surface area contributed by atoms with E-state index in [-0.39, 0.29) is 12.5 Å². The molecule has 27 heavy (non-hydrogen) atoms. The monoisotopic (exact) mass is 368 g/mol. The number of carbonyl (C=O) groups is 2. The average Bonchev–Trinajstić information content (AvgIpc) is 3.48. The Balaban J connectivity index is 1.34. The predicted octanol–water partition coefficient (Wildman–Crippen LogP) is 2.62. The van der Waals surface area contributed by atoms with Crippen LogP contribution in [0.3, 0.4) is 0 Å². The topological polar surface area (TPSA) is 92.4 Å². The Labute approximate surface area is 158 Å². The Morgan fingerprint density at radius 2 is 2.04 bits per heavy atom. The number of hydrogen-bond acceptors (Lipinski definition) is 4. The predicted molar refractivity (Wildman–Crippen MR) is 103 cm³/mol. The molecule has 3 N–H and O–H groups in total. The number of nitrogens with zero attached hydrogens (tertiary/aromatic N) is 1. The van der Waals surface area contributed by atoms with Crippen molar-refractivity contribution >= 4 is 17.6 Å². The lowest BCUT2D eigenvalue weighted by Crippen LogP contribution is -2.38. The van der Waals surface area contributed by atoms with Gasteiger partial charge in [-0.15, -0.1) is 0 Å². The number of rotatable bonds is 8.